The van der Waals surface area contributed by atoms with Crippen LogP contribution in [0.25, 0.3) is 10.9 Å². The predicted octanol–water partition coefficient (Wildman–Crippen LogP) is 1.21. The number of pyridine rings is 1. The van der Waals surface area contributed by atoms with Gasteiger partial charge in [-0.25, -0.2) is 9.78 Å². The first-order chi connectivity index (χ1) is 17.8. The second-order valence-corrected chi connectivity index (χ2v) is 8.60. The van der Waals surface area contributed by atoms with Crippen LogP contribution in [0.15, 0.2) is 24.3 Å². The maximum Gasteiger partial charge on any atom is 0.409 e. The van der Waals surface area contributed by atoms with E-state index in [1.807, 2.05) is 19.1 Å². The number of hydrogen-bond donors (Lipinski definition) is 4. The van der Waals surface area contributed by atoms with Gasteiger partial charge in [0.05, 0.1) is 24.4 Å². The van der Waals surface area contributed by atoms with Crippen molar-refractivity contribution < 1.29 is 34.1 Å². The van der Waals surface area contributed by atoms with E-state index in [1.165, 1.54) is 9.80 Å². The van der Waals surface area contributed by atoms with E-state index in [1.54, 1.807) is 19.1 Å². The van der Waals surface area contributed by atoms with Crippen LogP contribution in [-0.4, -0.2) is 101 Å². The van der Waals surface area contributed by atoms with Gasteiger partial charge in [-0.15, -0.1) is 0 Å². The number of hydrogen-bond acceptors (Lipinski definition) is 8. The minimum atomic E-state index is -1.10. The van der Waals surface area contributed by atoms with Crippen molar-refractivity contribution in [3.05, 3.63) is 35.5 Å². The van der Waals surface area contributed by atoms with E-state index in [4.69, 9.17) is 4.74 Å². The molecule has 37 heavy (non-hydrogen) atoms. The highest BCUT2D eigenvalue weighted by Gasteiger charge is 2.32. The summed E-state index contributed by atoms with van der Waals surface area (Å²) in [4.78, 5) is 57.5. The largest absolute Gasteiger partial charge is 0.481 e. The Labute approximate surface area is 214 Å². The van der Waals surface area contributed by atoms with E-state index in [2.05, 4.69) is 15.6 Å². The number of nitrogens with one attached hydrogen (secondary N) is 2. The first-order valence-corrected chi connectivity index (χ1v) is 12.2. The van der Waals surface area contributed by atoms with Crippen LogP contribution in [0.1, 0.15) is 35.8 Å². The van der Waals surface area contributed by atoms with Crippen LogP contribution in [0.2, 0.25) is 0 Å². The zero-order chi connectivity index (χ0) is 26.9. The summed E-state index contributed by atoms with van der Waals surface area (Å²) in [5, 5.41) is 25.1. The van der Waals surface area contributed by atoms with E-state index in [9.17, 15) is 29.4 Å². The summed E-state index contributed by atoms with van der Waals surface area (Å²) >= 11 is 0. The number of aromatic nitrogens is 1. The van der Waals surface area contributed by atoms with E-state index >= 15 is 0 Å². The van der Waals surface area contributed by atoms with Gasteiger partial charge in [0.1, 0.15) is 6.04 Å². The molecule has 1 aromatic carbocycles. The van der Waals surface area contributed by atoms with Gasteiger partial charge in [0.15, 0.2) is 5.69 Å². The summed E-state index contributed by atoms with van der Waals surface area (Å²) in [6.07, 6.45) is -0.880. The molecule has 1 aliphatic heterocycles. The number of rotatable bonds is 10. The van der Waals surface area contributed by atoms with Crippen molar-refractivity contribution >= 4 is 40.5 Å². The SMILES string of the molecule is CCOC(=O)N1CCN(C(=O)C(CCC(=O)O)NC(=O)c2nc3ccccc3c(C)c2NCCO)CC1. The van der Waals surface area contributed by atoms with Crippen LogP contribution in [0.4, 0.5) is 10.5 Å². The molecule has 1 aliphatic rings. The zero-order valence-electron chi connectivity index (χ0n) is 21.0. The number of aliphatic hydroxyl groups is 1. The predicted molar refractivity (Wildman–Crippen MR) is 135 cm³/mol. The summed E-state index contributed by atoms with van der Waals surface area (Å²) < 4.78 is 5.00. The highest BCUT2D eigenvalue weighted by molar-refractivity contribution is 6.04. The summed E-state index contributed by atoms with van der Waals surface area (Å²) in [5.74, 6) is -2.16. The molecule has 12 nitrogen and oxygen atoms in total. The summed E-state index contributed by atoms with van der Waals surface area (Å²) in [6.45, 7) is 4.81. The number of amides is 3. The van der Waals surface area contributed by atoms with Crippen molar-refractivity contribution in [1.29, 1.82) is 0 Å². The lowest BCUT2D eigenvalue weighted by atomic mass is 10.0. The highest BCUT2D eigenvalue weighted by atomic mass is 16.6. The maximum absolute atomic E-state index is 13.4. The van der Waals surface area contributed by atoms with Crippen LogP contribution in [0.3, 0.4) is 0 Å². The summed E-state index contributed by atoms with van der Waals surface area (Å²) in [6, 6.07) is 6.20. The number of benzene rings is 1. The van der Waals surface area contributed by atoms with Crippen molar-refractivity contribution in [2.24, 2.45) is 0 Å². The fourth-order valence-corrected chi connectivity index (χ4v) is 4.23. The molecule has 0 spiro atoms. The molecule has 12 heteroatoms. The molecule has 2 heterocycles. The van der Waals surface area contributed by atoms with E-state index in [0.29, 0.717) is 11.2 Å². The molecule has 1 atom stereocenters. The third-order valence-electron chi connectivity index (χ3n) is 6.15. The Morgan fingerprint density at radius 2 is 1.78 bits per heavy atom. The van der Waals surface area contributed by atoms with E-state index < -0.39 is 29.9 Å². The van der Waals surface area contributed by atoms with E-state index in [-0.39, 0.29) is 64.5 Å². The summed E-state index contributed by atoms with van der Waals surface area (Å²) in [5.41, 5.74) is 1.82. The second kappa shape index (κ2) is 12.9. The van der Waals surface area contributed by atoms with Gasteiger partial charge in [0.25, 0.3) is 5.91 Å². The van der Waals surface area contributed by atoms with Crippen molar-refractivity contribution in [3.63, 3.8) is 0 Å². The number of fused-ring (bicyclic) bond motifs is 1. The van der Waals surface area contributed by atoms with Gasteiger partial charge in [-0.05, 0) is 31.9 Å². The number of aliphatic carboxylic acids is 1. The van der Waals surface area contributed by atoms with Crippen molar-refractivity contribution in [2.45, 2.75) is 32.7 Å². The second-order valence-electron chi connectivity index (χ2n) is 8.60. The number of ether oxygens (including phenoxy) is 1. The normalized spacial score (nSPS) is 14.2. The standard InChI is InChI=1S/C25H33N5O7/c1-3-37-25(36)30-13-11-29(12-14-30)24(35)19(8-9-20(32)33)28-23(34)22-21(26-10-15-31)16(2)17-6-4-5-7-18(17)27-22/h4-7,19,26,31H,3,8-15H2,1-2H3,(H,28,34)(H,32,33). The van der Waals surface area contributed by atoms with Gasteiger partial charge >= 0.3 is 12.1 Å². The monoisotopic (exact) mass is 515 g/mol. The fraction of sp³-hybridized carbons (Fsp3) is 0.480. The molecule has 3 amide bonds. The molecule has 1 aromatic heterocycles. The number of piperazine rings is 1. The lowest BCUT2D eigenvalue weighted by Gasteiger charge is -2.36. The van der Waals surface area contributed by atoms with Crippen LogP contribution in [-0.2, 0) is 14.3 Å². The first kappa shape index (κ1) is 27.7. The number of nitrogens with zero attached hydrogens (tertiary/aromatic N) is 3. The molecule has 2 aromatic rings. The van der Waals surface area contributed by atoms with Crippen molar-refractivity contribution in [3.8, 4) is 0 Å². The van der Waals surface area contributed by atoms with Crippen LogP contribution in [0.5, 0.6) is 0 Å². The van der Waals surface area contributed by atoms with E-state index in [0.717, 1.165) is 10.9 Å². The van der Waals surface area contributed by atoms with Crippen molar-refractivity contribution in [2.75, 3.05) is 51.3 Å². The third kappa shape index (κ3) is 6.85. The van der Waals surface area contributed by atoms with Crippen LogP contribution < -0.4 is 10.6 Å². The number of anilines is 1. The van der Waals surface area contributed by atoms with Gasteiger partial charge in [-0.1, -0.05) is 18.2 Å². The lowest BCUT2D eigenvalue weighted by Crippen LogP contribution is -2.56. The average molecular weight is 516 g/mol. The molecule has 0 bridgehead atoms. The average Bonchev–Trinajstić information content (AvgIpc) is 2.90. The zero-order valence-corrected chi connectivity index (χ0v) is 21.0. The fourth-order valence-electron chi connectivity index (χ4n) is 4.23. The van der Waals surface area contributed by atoms with Crippen LogP contribution in [0, 0.1) is 6.92 Å². The van der Waals surface area contributed by atoms with Gasteiger partial charge in [0, 0.05) is 44.5 Å². The van der Waals surface area contributed by atoms with Crippen LogP contribution >= 0.6 is 0 Å². The Kier molecular flexibility index (Phi) is 9.61. The molecule has 0 aliphatic carbocycles. The number of carbonyl (C=O) groups is 4. The molecule has 3 rings (SSSR count). The number of aliphatic hydroxyl groups excluding tert-OH is 1. The lowest BCUT2D eigenvalue weighted by molar-refractivity contribution is -0.138. The summed E-state index contributed by atoms with van der Waals surface area (Å²) in [7, 11) is 0. The highest BCUT2D eigenvalue weighted by Crippen LogP contribution is 2.27. The Morgan fingerprint density at radius 1 is 1.11 bits per heavy atom. The van der Waals surface area contributed by atoms with Gasteiger partial charge in [-0.2, -0.15) is 0 Å². The number of para-hydroxylation sites is 1. The Morgan fingerprint density at radius 3 is 2.43 bits per heavy atom. The molecule has 1 fully saturated rings. The first-order valence-electron chi connectivity index (χ1n) is 12.2. The molecule has 200 valence electrons. The molecular formula is C25H33N5O7. The number of carboxylic acids is 1. The number of aryl methyl sites for hydroxylation is 1. The van der Waals surface area contributed by atoms with Gasteiger partial charge < -0.3 is 35.4 Å². The number of carbonyl (C=O) groups excluding carboxylic acids is 3. The Bertz CT molecular complexity index is 1150. The molecular weight excluding hydrogens is 482 g/mol. The third-order valence-corrected chi connectivity index (χ3v) is 6.15. The molecule has 1 saturated heterocycles. The van der Waals surface area contributed by atoms with Gasteiger partial charge in [-0.3, -0.25) is 14.4 Å². The molecule has 4 N–H and O–H groups in total. The molecule has 0 radical (unpaired) electrons. The maximum atomic E-state index is 13.4. The molecule has 0 saturated carbocycles. The van der Waals surface area contributed by atoms with Gasteiger partial charge in [0.2, 0.25) is 5.91 Å². The minimum absolute atomic E-state index is 0.0462. The minimum Gasteiger partial charge on any atom is -0.481 e. The van der Waals surface area contributed by atoms with Crippen molar-refractivity contribution in [1.82, 2.24) is 20.1 Å². The Balaban J connectivity index is 1.83. The number of carboxylic acid groups (broad SMARTS) is 1. The smallest absolute Gasteiger partial charge is 0.409 e. The quantitative estimate of drug-likeness (QED) is 0.364. The Hall–Kier alpha value is -3.93. The molecule has 1 unspecified atom stereocenters. The topological polar surface area (TPSA) is 161 Å².